The van der Waals surface area contributed by atoms with Crippen LogP contribution in [0.5, 0.6) is 0 Å². The molecule has 30 heavy (non-hydrogen) atoms. The highest BCUT2D eigenvalue weighted by Crippen LogP contribution is 2.41. The quantitative estimate of drug-likeness (QED) is 0.687. The van der Waals surface area contributed by atoms with Crippen molar-refractivity contribution in [3.63, 3.8) is 0 Å². The number of carbonyl (C=O) groups is 1. The molecule has 1 heterocycles. The highest BCUT2D eigenvalue weighted by Gasteiger charge is 2.44. The standard InChI is InChI=1S/C21H22ClF2NO4S/c22-14-4-7-16(8-5-14)30(28,29)20(18-13-15(23)6-9-19(18)24)17-3-1-10-25(21(17)27)11-2-12-26/h4-9,13,17,20,26H,1-3,10-12H2. The summed E-state index contributed by atoms with van der Waals surface area (Å²) in [7, 11) is -4.25. The molecule has 162 valence electrons. The van der Waals surface area contributed by atoms with Crippen LogP contribution in [0.2, 0.25) is 5.02 Å². The molecular formula is C21H22ClF2NO4S. The summed E-state index contributed by atoms with van der Waals surface area (Å²) in [6.45, 7) is 0.583. The zero-order valence-electron chi connectivity index (χ0n) is 16.1. The lowest BCUT2D eigenvalue weighted by atomic mass is 9.89. The molecule has 2 aromatic rings. The van der Waals surface area contributed by atoms with Crippen LogP contribution in [-0.4, -0.2) is 44.0 Å². The number of likely N-dealkylation sites (tertiary alicyclic amines) is 1. The van der Waals surface area contributed by atoms with Crippen LogP contribution in [0.25, 0.3) is 0 Å². The maximum absolute atomic E-state index is 14.7. The van der Waals surface area contributed by atoms with Gasteiger partial charge >= 0.3 is 0 Å². The van der Waals surface area contributed by atoms with Crippen LogP contribution in [0.1, 0.15) is 30.1 Å². The van der Waals surface area contributed by atoms with Crippen LogP contribution in [0, 0.1) is 17.6 Å². The average Bonchev–Trinajstić information content (AvgIpc) is 2.71. The van der Waals surface area contributed by atoms with E-state index < -0.39 is 38.5 Å². The molecule has 2 atom stereocenters. The number of sulfone groups is 1. The zero-order valence-corrected chi connectivity index (χ0v) is 17.7. The normalized spacial score (nSPS) is 18.5. The molecule has 0 saturated carbocycles. The largest absolute Gasteiger partial charge is 0.396 e. The van der Waals surface area contributed by atoms with E-state index in [-0.39, 0.29) is 30.0 Å². The smallest absolute Gasteiger partial charge is 0.227 e. The number of nitrogens with zero attached hydrogens (tertiary/aromatic N) is 1. The van der Waals surface area contributed by atoms with E-state index in [1.807, 2.05) is 0 Å². The van der Waals surface area contributed by atoms with Crippen LogP contribution >= 0.6 is 11.6 Å². The van der Waals surface area contributed by atoms with Crippen molar-refractivity contribution in [3.05, 3.63) is 64.7 Å². The van der Waals surface area contributed by atoms with E-state index in [9.17, 15) is 22.0 Å². The van der Waals surface area contributed by atoms with Gasteiger partial charge in [0.15, 0.2) is 9.84 Å². The van der Waals surface area contributed by atoms with Gasteiger partial charge in [0.05, 0.1) is 10.8 Å². The second kappa shape index (κ2) is 9.41. The van der Waals surface area contributed by atoms with Gasteiger partial charge in [-0.1, -0.05) is 11.6 Å². The van der Waals surface area contributed by atoms with Crippen LogP contribution in [0.4, 0.5) is 8.78 Å². The van der Waals surface area contributed by atoms with Crippen molar-refractivity contribution in [2.45, 2.75) is 29.4 Å². The van der Waals surface area contributed by atoms with Crippen molar-refractivity contribution in [2.75, 3.05) is 19.7 Å². The van der Waals surface area contributed by atoms with Gasteiger partial charge in [-0.3, -0.25) is 4.79 Å². The van der Waals surface area contributed by atoms with Gasteiger partial charge in [0.2, 0.25) is 5.91 Å². The fraction of sp³-hybridized carbons (Fsp3) is 0.381. The summed E-state index contributed by atoms with van der Waals surface area (Å²) in [5.41, 5.74) is -0.368. The van der Waals surface area contributed by atoms with Gasteiger partial charge in [0, 0.05) is 30.3 Å². The first-order chi connectivity index (χ1) is 14.3. The molecule has 0 aromatic heterocycles. The Bertz CT molecular complexity index is 1010. The molecule has 0 aliphatic carbocycles. The molecule has 0 radical (unpaired) electrons. The lowest BCUT2D eigenvalue weighted by molar-refractivity contribution is -0.138. The Hall–Kier alpha value is -2.03. The van der Waals surface area contributed by atoms with E-state index in [1.54, 1.807) is 0 Å². The second-order valence-corrected chi connectivity index (χ2v) is 9.74. The lowest BCUT2D eigenvalue weighted by Gasteiger charge is -2.36. The third-order valence-corrected chi connectivity index (χ3v) is 7.70. The Morgan fingerprint density at radius 1 is 1.17 bits per heavy atom. The van der Waals surface area contributed by atoms with Gasteiger partial charge in [-0.2, -0.15) is 0 Å². The number of aliphatic hydroxyl groups is 1. The zero-order chi connectivity index (χ0) is 21.9. The number of piperidine rings is 1. The van der Waals surface area contributed by atoms with Crippen LogP contribution in [0.3, 0.4) is 0 Å². The minimum absolute atomic E-state index is 0.112. The molecule has 3 rings (SSSR count). The molecule has 1 N–H and O–H groups in total. The van der Waals surface area contributed by atoms with Gasteiger partial charge in [-0.05, 0) is 61.7 Å². The number of hydrogen-bond acceptors (Lipinski definition) is 4. The summed E-state index contributed by atoms with van der Waals surface area (Å²) in [5.74, 6) is -3.20. The monoisotopic (exact) mass is 457 g/mol. The average molecular weight is 458 g/mol. The Labute approximate surface area is 179 Å². The van der Waals surface area contributed by atoms with Crippen LogP contribution in [-0.2, 0) is 14.6 Å². The molecule has 2 unspecified atom stereocenters. The number of carbonyl (C=O) groups excluding carboxylic acids is 1. The van der Waals surface area contributed by atoms with Crippen molar-refractivity contribution in [3.8, 4) is 0 Å². The van der Waals surface area contributed by atoms with E-state index >= 15 is 0 Å². The summed E-state index contributed by atoms with van der Waals surface area (Å²) in [4.78, 5) is 14.5. The first kappa shape index (κ1) is 22.7. The van der Waals surface area contributed by atoms with Gasteiger partial charge in [-0.15, -0.1) is 0 Å². The highest BCUT2D eigenvalue weighted by molar-refractivity contribution is 7.91. The van der Waals surface area contributed by atoms with Gasteiger partial charge in [0.1, 0.15) is 16.9 Å². The molecule has 1 fully saturated rings. The maximum Gasteiger partial charge on any atom is 0.227 e. The first-order valence-electron chi connectivity index (χ1n) is 9.59. The summed E-state index contributed by atoms with van der Waals surface area (Å²) >= 11 is 5.86. The molecule has 1 aliphatic heterocycles. The Morgan fingerprint density at radius 2 is 1.87 bits per heavy atom. The van der Waals surface area contributed by atoms with E-state index in [2.05, 4.69) is 0 Å². The van der Waals surface area contributed by atoms with E-state index in [0.29, 0.717) is 24.4 Å². The topological polar surface area (TPSA) is 74.7 Å². The third kappa shape index (κ3) is 4.66. The molecule has 9 heteroatoms. The molecular weight excluding hydrogens is 436 g/mol. The number of benzene rings is 2. The molecule has 0 bridgehead atoms. The van der Waals surface area contributed by atoms with Gasteiger partial charge in [0.25, 0.3) is 0 Å². The van der Waals surface area contributed by atoms with Crippen LogP contribution in [0.15, 0.2) is 47.4 Å². The third-order valence-electron chi connectivity index (χ3n) is 5.26. The van der Waals surface area contributed by atoms with E-state index in [1.165, 1.54) is 29.2 Å². The molecule has 5 nitrogen and oxygen atoms in total. The molecule has 0 spiro atoms. The summed E-state index contributed by atoms with van der Waals surface area (Å²) in [6, 6.07) is 7.98. The van der Waals surface area contributed by atoms with E-state index in [0.717, 1.165) is 18.2 Å². The first-order valence-corrected chi connectivity index (χ1v) is 11.5. The number of aliphatic hydroxyl groups excluding tert-OH is 1. The lowest BCUT2D eigenvalue weighted by Crippen LogP contribution is -2.45. The number of halogens is 3. The van der Waals surface area contributed by atoms with Crippen LogP contribution < -0.4 is 0 Å². The predicted octanol–water partition coefficient (Wildman–Crippen LogP) is 3.75. The SMILES string of the molecule is O=C1C(C(c2cc(F)ccc2F)S(=O)(=O)c2ccc(Cl)cc2)CCCN1CCCO. The summed E-state index contributed by atoms with van der Waals surface area (Å²) < 4.78 is 55.7. The van der Waals surface area contributed by atoms with Crippen molar-refractivity contribution < 1.29 is 27.1 Å². The maximum atomic E-state index is 14.7. The highest BCUT2D eigenvalue weighted by atomic mass is 35.5. The number of hydrogen-bond donors (Lipinski definition) is 1. The van der Waals surface area contributed by atoms with Crippen molar-refractivity contribution in [2.24, 2.45) is 5.92 Å². The minimum Gasteiger partial charge on any atom is -0.396 e. The fourth-order valence-electron chi connectivity index (χ4n) is 3.84. The Morgan fingerprint density at radius 3 is 2.53 bits per heavy atom. The summed E-state index contributed by atoms with van der Waals surface area (Å²) in [5, 5.41) is 7.81. The van der Waals surface area contributed by atoms with Crippen molar-refractivity contribution >= 4 is 27.3 Å². The van der Waals surface area contributed by atoms with Crippen molar-refractivity contribution in [1.82, 2.24) is 4.90 Å². The Kier molecular flexibility index (Phi) is 7.10. The van der Waals surface area contributed by atoms with E-state index in [4.69, 9.17) is 16.7 Å². The fourth-order valence-corrected chi connectivity index (χ4v) is 5.97. The summed E-state index contributed by atoms with van der Waals surface area (Å²) in [6.07, 6.45) is 1.09. The second-order valence-electron chi connectivity index (χ2n) is 7.24. The van der Waals surface area contributed by atoms with Gasteiger partial charge in [-0.25, -0.2) is 17.2 Å². The van der Waals surface area contributed by atoms with Gasteiger partial charge < -0.3 is 10.0 Å². The Balaban J connectivity index is 2.11. The number of amides is 1. The molecule has 2 aromatic carbocycles. The predicted molar refractivity (Wildman–Crippen MR) is 109 cm³/mol. The molecule has 1 amide bonds. The number of rotatable bonds is 7. The minimum atomic E-state index is -4.25. The molecule has 1 saturated heterocycles. The molecule has 1 aliphatic rings. The van der Waals surface area contributed by atoms with Crippen molar-refractivity contribution in [1.29, 1.82) is 0 Å².